The summed E-state index contributed by atoms with van der Waals surface area (Å²) in [5.41, 5.74) is 0. The predicted molar refractivity (Wildman–Crippen MR) is 116 cm³/mol. The van der Waals surface area contributed by atoms with Crippen molar-refractivity contribution in [1.29, 1.82) is 0 Å². The Balaban J connectivity index is 2.18. The third-order valence-electron chi connectivity index (χ3n) is 6.07. The van der Waals surface area contributed by atoms with E-state index in [0.717, 1.165) is 0 Å². The van der Waals surface area contributed by atoms with Crippen LogP contribution in [0, 0.1) is 0 Å². The summed E-state index contributed by atoms with van der Waals surface area (Å²) in [5.74, 6) is 0. The molecule has 0 fully saturated rings. The molecule has 0 saturated heterocycles. The van der Waals surface area contributed by atoms with Gasteiger partial charge in [0.05, 0.1) is 0 Å². The highest BCUT2D eigenvalue weighted by atomic mass is 32.4. The van der Waals surface area contributed by atoms with E-state index in [4.69, 9.17) is 0 Å². The average Bonchev–Trinajstić information content (AvgIpc) is 3.27. The molecular formula is C24H20N4S. The topological polar surface area (TPSA) is 51.6 Å². The predicted octanol–water partition coefficient (Wildman–Crippen LogP) is 5.72. The summed E-state index contributed by atoms with van der Waals surface area (Å²) >= 11 is 0. The smallest absolute Gasteiger partial charge is 0.0278 e. The van der Waals surface area contributed by atoms with Gasteiger partial charge in [-0.2, -0.15) is 8.29 Å². The number of pyridine rings is 4. The standard InChI is InChI=1S/C24H20N4S/c1-2-20-29(19-1,21-3-11-25-12-4-21,22-5-13-26-14-6-22,23-7-15-27-16-8-23)24-9-17-28-18-10-24/h1-20H. The van der Waals surface area contributed by atoms with Crippen LogP contribution < -0.4 is 0 Å². The number of hydrogen-bond donors (Lipinski definition) is 0. The summed E-state index contributed by atoms with van der Waals surface area (Å²) in [6.07, 6.45) is 19.2. The van der Waals surface area contributed by atoms with Crippen LogP contribution in [0.15, 0.2) is 141 Å². The van der Waals surface area contributed by atoms with Gasteiger partial charge in [-0.25, -0.2) is 0 Å². The molecule has 142 valence electrons. The van der Waals surface area contributed by atoms with Gasteiger partial charge in [0.1, 0.15) is 0 Å². The first-order valence-electron chi connectivity index (χ1n) is 9.33. The van der Waals surface area contributed by atoms with E-state index in [9.17, 15) is 0 Å². The molecule has 1 aliphatic rings. The van der Waals surface area contributed by atoms with Crippen molar-refractivity contribution in [2.45, 2.75) is 19.6 Å². The number of allylic oxidation sites excluding steroid dienone is 2. The van der Waals surface area contributed by atoms with Crippen LogP contribution in [0.3, 0.4) is 0 Å². The lowest BCUT2D eigenvalue weighted by atomic mass is 10.5. The highest BCUT2D eigenvalue weighted by Crippen LogP contribution is 3.09. The van der Waals surface area contributed by atoms with E-state index in [-0.39, 0.29) is 0 Å². The van der Waals surface area contributed by atoms with Crippen molar-refractivity contribution >= 4 is 8.29 Å². The summed E-state index contributed by atoms with van der Waals surface area (Å²) in [6.45, 7) is 0. The first kappa shape index (κ1) is 17.5. The molecule has 4 nitrogen and oxygen atoms in total. The fourth-order valence-electron chi connectivity index (χ4n) is 4.78. The first-order valence-corrected chi connectivity index (χ1v) is 11.9. The summed E-state index contributed by atoms with van der Waals surface area (Å²) in [7, 11) is -3.76. The zero-order valence-corrected chi connectivity index (χ0v) is 16.6. The minimum atomic E-state index is -3.76. The van der Waals surface area contributed by atoms with Crippen LogP contribution in [-0.4, -0.2) is 19.9 Å². The van der Waals surface area contributed by atoms with Gasteiger partial charge in [-0.3, -0.25) is 19.9 Å². The fraction of sp³-hybridized carbons (Fsp3) is 0. The summed E-state index contributed by atoms with van der Waals surface area (Å²) in [5, 5.41) is 4.77. The lowest BCUT2D eigenvalue weighted by Crippen LogP contribution is -2.33. The van der Waals surface area contributed by atoms with Crippen LogP contribution in [0.5, 0.6) is 0 Å². The number of aromatic nitrogens is 4. The van der Waals surface area contributed by atoms with E-state index < -0.39 is 8.29 Å². The monoisotopic (exact) mass is 396 g/mol. The van der Waals surface area contributed by atoms with Crippen LogP contribution in [-0.2, 0) is 0 Å². The van der Waals surface area contributed by atoms with Crippen LogP contribution in [0.2, 0.25) is 0 Å². The van der Waals surface area contributed by atoms with Crippen molar-refractivity contribution in [3.05, 3.63) is 121 Å². The molecule has 4 aromatic heterocycles. The zero-order valence-electron chi connectivity index (χ0n) is 15.7. The van der Waals surface area contributed by atoms with Crippen LogP contribution in [0.4, 0.5) is 0 Å². The molecule has 0 N–H and O–H groups in total. The highest BCUT2D eigenvalue weighted by molar-refractivity contribution is 8.68. The molecule has 0 spiro atoms. The molecule has 5 rings (SSSR count). The van der Waals surface area contributed by atoms with Gasteiger partial charge in [-0.15, -0.1) is 0 Å². The molecule has 29 heavy (non-hydrogen) atoms. The molecule has 0 bridgehead atoms. The second kappa shape index (κ2) is 5.96. The molecule has 5 heteroatoms. The summed E-state index contributed by atoms with van der Waals surface area (Å²) in [4.78, 5) is 22.0. The minimum Gasteiger partial charge on any atom is -0.265 e. The molecule has 0 radical (unpaired) electrons. The molecule has 0 aliphatic carbocycles. The Morgan fingerprint density at radius 2 is 0.621 bits per heavy atom. The van der Waals surface area contributed by atoms with Gasteiger partial charge in [0.2, 0.25) is 0 Å². The largest absolute Gasteiger partial charge is 0.265 e. The molecule has 5 heterocycles. The fourth-order valence-corrected chi connectivity index (χ4v) is 12.1. The highest BCUT2D eigenvalue weighted by Gasteiger charge is 2.64. The van der Waals surface area contributed by atoms with Crippen molar-refractivity contribution in [2.24, 2.45) is 0 Å². The van der Waals surface area contributed by atoms with Gasteiger partial charge in [0.15, 0.2) is 0 Å². The quantitative estimate of drug-likeness (QED) is 0.443. The van der Waals surface area contributed by atoms with E-state index in [1.165, 1.54) is 19.6 Å². The van der Waals surface area contributed by atoms with E-state index in [2.05, 4.69) is 91.4 Å². The first-order chi connectivity index (χ1) is 14.3. The zero-order chi connectivity index (χ0) is 19.7. The molecule has 4 aromatic rings. The van der Waals surface area contributed by atoms with Crippen molar-refractivity contribution in [1.82, 2.24) is 19.9 Å². The van der Waals surface area contributed by atoms with Gasteiger partial charge in [-0.05, 0) is 78.9 Å². The van der Waals surface area contributed by atoms with Crippen molar-refractivity contribution in [3.63, 3.8) is 0 Å². The Morgan fingerprint density at radius 3 is 0.862 bits per heavy atom. The van der Waals surface area contributed by atoms with Gasteiger partial charge < -0.3 is 0 Å². The van der Waals surface area contributed by atoms with Crippen molar-refractivity contribution < 1.29 is 0 Å². The van der Waals surface area contributed by atoms with E-state index in [1.54, 1.807) is 0 Å². The van der Waals surface area contributed by atoms with Crippen molar-refractivity contribution in [2.75, 3.05) is 0 Å². The number of hydrogen-bond acceptors (Lipinski definition) is 4. The molecule has 0 aromatic carbocycles. The van der Waals surface area contributed by atoms with Gasteiger partial charge in [0, 0.05) is 49.6 Å². The number of nitrogens with zero attached hydrogens (tertiary/aromatic N) is 4. The molecule has 0 amide bonds. The molecular weight excluding hydrogens is 376 g/mol. The maximum atomic E-state index is 4.32. The lowest BCUT2D eigenvalue weighted by Gasteiger charge is -2.75. The maximum absolute atomic E-state index is 4.32. The van der Waals surface area contributed by atoms with Crippen LogP contribution in [0.1, 0.15) is 0 Å². The molecule has 0 saturated carbocycles. The molecule has 0 unspecified atom stereocenters. The molecule has 1 aliphatic heterocycles. The second-order valence-corrected chi connectivity index (χ2v) is 12.9. The van der Waals surface area contributed by atoms with E-state index >= 15 is 0 Å². The van der Waals surface area contributed by atoms with Crippen LogP contribution >= 0.6 is 8.29 Å². The Morgan fingerprint density at radius 1 is 0.379 bits per heavy atom. The summed E-state index contributed by atoms with van der Waals surface area (Å²) < 4.78 is 0. The average molecular weight is 397 g/mol. The third-order valence-corrected chi connectivity index (χ3v) is 13.9. The van der Waals surface area contributed by atoms with Crippen molar-refractivity contribution in [3.8, 4) is 0 Å². The van der Waals surface area contributed by atoms with Crippen LogP contribution in [0.25, 0.3) is 0 Å². The Kier molecular flexibility index (Phi) is 3.60. The van der Waals surface area contributed by atoms with Gasteiger partial charge in [-0.1, -0.05) is 12.2 Å². The minimum absolute atomic E-state index is 1.17. The number of rotatable bonds is 4. The second-order valence-electron chi connectivity index (χ2n) is 7.08. The van der Waals surface area contributed by atoms with Gasteiger partial charge >= 0.3 is 0 Å². The SMILES string of the molecule is C1=CS(c2ccncc2)(c2ccncc2)(c2ccncc2)(c2ccncc2)C=C1. The third kappa shape index (κ3) is 1.85. The van der Waals surface area contributed by atoms with E-state index in [1.807, 2.05) is 49.6 Å². The lowest BCUT2D eigenvalue weighted by molar-refractivity contribution is 1.11. The van der Waals surface area contributed by atoms with Gasteiger partial charge in [0.25, 0.3) is 0 Å². The summed E-state index contributed by atoms with van der Waals surface area (Å²) in [6, 6.07) is 17.0. The van der Waals surface area contributed by atoms with E-state index in [0.29, 0.717) is 0 Å². The molecule has 0 atom stereocenters. The Hall–Kier alpha value is -3.57. The Labute approximate surface area is 169 Å². The Bertz CT molecular complexity index is 1030. The maximum Gasteiger partial charge on any atom is 0.0278 e. The normalized spacial score (nSPS) is 20.1.